The number of likely N-dealkylation sites (N-methyl/N-ethyl adjacent to an activating group) is 1. The summed E-state index contributed by atoms with van der Waals surface area (Å²) in [6, 6.07) is 6.84. The van der Waals surface area contributed by atoms with E-state index in [0.717, 1.165) is 25.3 Å². The van der Waals surface area contributed by atoms with Crippen molar-refractivity contribution < 1.29 is 4.74 Å². The summed E-state index contributed by atoms with van der Waals surface area (Å²) in [6.45, 7) is 4.81. The summed E-state index contributed by atoms with van der Waals surface area (Å²) in [5, 5.41) is 0. The topological polar surface area (TPSA) is 38.5 Å². The Balaban J connectivity index is 2.12. The Labute approximate surface area is 110 Å². The van der Waals surface area contributed by atoms with Crippen LogP contribution >= 0.6 is 0 Å². The minimum absolute atomic E-state index is 0.322. The number of nitrogens with zero attached hydrogens (tertiary/aromatic N) is 1. The Morgan fingerprint density at radius 1 is 1.44 bits per heavy atom. The normalized spacial score (nSPS) is 15.6. The van der Waals surface area contributed by atoms with E-state index in [1.54, 1.807) is 0 Å². The minimum Gasteiger partial charge on any atom is -0.493 e. The van der Waals surface area contributed by atoms with Gasteiger partial charge in [-0.1, -0.05) is 25.5 Å². The second-order valence-corrected chi connectivity index (χ2v) is 5.05. The van der Waals surface area contributed by atoms with Gasteiger partial charge in [0.2, 0.25) is 0 Å². The van der Waals surface area contributed by atoms with Gasteiger partial charge in [0.15, 0.2) is 0 Å². The van der Waals surface area contributed by atoms with E-state index < -0.39 is 0 Å². The third-order valence-electron chi connectivity index (χ3n) is 3.72. The van der Waals surface area contributed by atoms with Gasteiger partial charge in [0.25, 0.3) is 0 Å². The van der Waals surface area contributed by atoms with Gasteiger partial charge in [-0.05, 0) is 37.2 Å². The maximum atomic E-state index is 5.95. The lowest BCUT2D eigenvalue weighted by Gasteiger charge is -2.27. The molecule has 2 N–H and O–H groups in total. The highest BCUT2D eigenvalue weighted by atomic mass is 16.5. The lowest BCUT2D eigenvalue weighted by molar-refractivity contribution is 0.246. The fourth-order valence-electron chi connectivity index (χ4n) is 2.55. The van der Waals surface area contributed by atoms with Crippen LogP contribution in [0, 0.1) is 0 Å². The van der Waals surface area contributed by atoms with E-state index in [-0.39, 0.29) is 0 Å². The minimum atomic E-state index is 0.322. The maximum Gasteiger partial charge on any atom is 0.122 e. The predicted octanol–water partition coefficient (Wildman–Crippen LogP) is 2.35. The monoisotopic (exact) mass is 248 g/mol. The predicted molar refractivity (Wildman–Crippen MR) is 75.0 cm³/mol. The zero-order valence-corrected chi connectivity index (χ0v) is 11.5. The van der Waals surface area contributed by atoms with E-state index in [4.69, 9.17) is 10.5 Å². The van der Waals surface area contributed by atoms with Crippen LogP contribution in [0.15, 0.2) is 18.2 Å². The second-order valence-electron chi connectivity index (χ2n) is 5.05. The Kier molecular flexibility index (Phi) is 4.61. The van der Waals surface area contributed by atoms with Crippen LogP contribution in [0.2, 0.25) is 0 Å². The molecule has 1 atom stereocenters. The largest absolute Gasteiger partial charge is 0.493 e. The fourth-order valence-corrected chi connectivity index (χ4v) is 2.55. The highest BCUT2D eigenvalue weighted by Crippen LogP contribution is 2.29. The zero-order chi connectivity index (χ0) is 13.0. The molecule has 3 nitrogen and oxygen atoms in total. The van der Waals surface area contributed by atoms with E-state index in [2.05, 4.69) is 37.1 Å². The molecule has 0 fully saturated rings. The molecule has 1 aromatic rings. The first kappa shape index (κ1) is 13.4. The molecule has 1 unspecified atom stereocenters. The maximum absolute atomic E-state index is 5.95. The molecule has 0 radical (unpaired) electrons. The molecule has 100 valence electrons. The van der Waals surface area contributed by atoms with Gasteiger partial charge in [-0.15, -0.1) is 0 Å². The van der Waals surface area contributed by atoms with E-state index in [1.807, 2.05) is 0 Å². The number of nitrogens with two attached hydrogens (primary N) is 1. The molecule has 2 rings (SSSR count). The lowest BCUT2D eigenvalue weighted by atomic mass is 10.0. The quantitative estimate of drug-likeness (QED) is 0.840. The average Bonchev–Trinajstić information content (AvgIpc) is 2.84. The van der Waals surface area contributed by atoms with Crippen molar-refractivity contribution in [1.29, 1.82) is 0 Å². The molecule has 0 spiro atoms. The van der Waals surface area contributed by atoms with Crippen molar-refractivity contribution in [2.75, 3.05) is 26.7 Å². The molecule has 0 aromatic heterocycles. The van der Waals surface area contributed by atoms with Crippen LogP contribution in [0.3, 0.4) is 0 Å². The molecule has 0 saturated carbocycles. The summed E-state index contributed by atoms with van der Waals surface area (Å²) in [5.41, 5.74) is 8.60. The van der Waals surface area contributed by atoms with Gasteiger partial charge in [-0.2, -0.15) is 0 Å². The van der Waals surface area contributed by atoms with E-state index in [0.29, 0.717) is 12.6 Å². The summed E-state index contributed by atoms with van der Waals surface area (Å²) in [4.78, 5) is 2.36. The Morgan fingerprint density at radius 3 is 3.00 bits per heavy atom. The van der Waals surface area contributed by atoms with Crippen molar-refractivity contribution in [3.8, 4) is 5.75 Å². The molecule has 0 saturated heterocycles. The number of hydrogen-bond donors (Lipinski definition) is 1. The van der Waals surface area contributed by atoms with Crippen LogP contribution < -0.4 is 10.5 Å². The van der Waals surface area contributed by atoms with Gasteiger partial charge in [0.1, 0.15) is 5.75 Å². The number of unbranched alkanes of at least 4 members (excludes halogenated alkanes) is 1. The zero-order valence-electron chi connectivity index (χ0n) is 11.5. The summed E-state index contributed by atoms with van der Waals surface area (Å²) in [5.74, 6) is 1.05. The van der Waals surface area contributed by atoms with Crippen LogP contribution in [0.1, 0.15) is 36.9 Å². The van der Waals surface area contributed by atoms with Gasteiger partial charge < -0.3 is 10.5 Å². The van der Waals surface area contributed by atoms with E-state index in [9.17, 15) is 0 Å². The second kappa shape index (κ2) is 6.21. The van der Waals surface area contributed by atoms with Crippen LogP contribution in [-0.4, -0.2) is 31.6 Å². The number of benzene rings is 1. The van der Waals surface area contributed by atoms with Crippen molar-refractivity contribution in [2.45, 2.75) is 32.2 Å². The third kappa shape index (κ3) is 2.85. The third-order valence-corrected chi connectivity index (χ3v) is 3.72. The molecular weight excluding hydrogens is 224 g/mol. The number of hydrogen-bond acceptors (Lipinski definition) is 3. The molecule has 1 aliphatic heterocycles. The standard InChI is InChI=1S/C15H24N2O/c1-3-4-8-17(2)14(11-16)12-5-6-15-13(10-12)7-9-18-15/h5-6,10,14H,3-4,7-9,11,16H2,1-2H3. The summed E-state index contributed by atoms with van der Waals surface area (Å²) in [7, 11) is 2.16. The van der Waals surface area contributed by atoms with Crippen molar-refractivity contribution in [1.82, 2.24) is 4.90 Å². The first-order chi connectivity index (χ1) is 8.76. The molecule has 1 aliphatic rings. The van der Waals surface area contributed by atoms with Crippen molar-refractivity contribution in [3.05, 3.63) is 29.3 Å². The smallest absolute Gasteiger partial charge is 0.122 e. The Hall–Kier alpha value is -1.06. The first-order valence-electron chi connectivity index (χ1n) is 6.92. The summed E-state index contributed by atoms with van der Waals surface area (Å²) >= 11 is 0. The SMILES string of the molecule is CCCCN(C)C(CN)c1ccc2c(c1)CCO2. The Bertz CT molecular complexity index is 392. The Morgan fingerprint density at radius 2 is 2.28 bits per heavy atom. The van der Waals surface area contributed by atoms with Crippen LogP contribution in [0.4, 0.5) is 0 Å². The molecular formula is C15H24N2O. The van der Waals surface area contributed by atoms with Crippen molar-refractivity contribution >= 4 is 0 Å². The average molecular weight is 248 g/mol. The highest BCUT2D eigenvalue weighted by Gasteiger charge is 2.18. The van der Waals surface area contributed by atoms with Crippen LogP contribution in [0.5, 0.6) is 5.75 Å². The number of fused-ring (bicyclic) bond motifs is 1. The molecule has 3 heteroatoms. The van der Waals surface area contributed by atoms with E-state index in [1.165, 1.54) is 24.0 Å². The summed E-state index contributed by atoms with van der Waals surface area (Å²) in [6.07, 6.45) is 3.47. The first-order valence-corrected chi connectivity index (χ1v) is 6.92. The highest BCUT2D eigenvalue weighted by molar-refractivity contribution is 5.40. The van der Waals surface area contributed by atoms with Crippen molar-refractivity contribution in [3.63, 3.8) is 0 Å². The summed E-state index contributed by atoms with van der Waals surface area (Å²) < 4.78 is 5.55. The number of rotatable bonds is 6. The van der Waals surface area contributed by atoms with Crippen LogP contribution in [-0.2, 0) is 6.42 Å². The molecule has 0 amide bonds. The lowest BCUT2D eigenvalue weighted by Crippen LogP contribution is -2.31. The van der Waals surface area contributed by atoms with Gasteiger partial charge in [0.05, 0.1) is 6.61 Å². The van der Waals surface area contributed by atoms with Gasteiger partial charge >= 0.3 is 0 Å². The molecule has 1 aromatic carbocycles. The van der Waals surface area contributed by atoms with Gasteiger partial charge in [0, 0.05) is 19.0 Å². The molecule has 18 heavy (non-hydrogen) atoms. The van der Waals surface area contributed by atoms with Gasteiger partial charge in [-0.25, -0.2) is 0 Å². The molecule has 0 aliphatic carbocycles. The van der Waals surface area contributed by atoms with E-state index >= 15 is 0 Å². The van der Waals surface area contributed by atoms with Crippen molar-refractivity contribution in [2.24, 2.45) is 5.73 Å². The molecule has 1 heterocycles. The van der Waals surface area contributed by atoms with Crippen LogP contribution in [0.25, 0.3) is 0 Å². The molecule has 0 bridgehead atoms. The van der Waals surface area contributed by atoms with Gasteiger partial charge in [-0.3, -0.25) is 4.90 Å². The fraction of sp³-hybridized carbons (Fsp3) is 0.600. The number of ether oxygens (including phenoxy) is 1.